The van der Waals surface area contributed by atoms with E-state index in [1.54, 1.807) is 12.1 Å². The van der Waals surface area contributed by atoms with Crippen molar-refractivity contribution in [3.05, 3.63) is 215 Å². The van der Waals surface area contributed by atoms with Crippen molar-refractivity contribution in [3.63, 3.8) is 0 Å². The number of aromatic carboxylic acids is 1. The number of carbonyl (C=O) groups excluding carboxylic acids is 2. The van der Waals surface area contributed by atoms with E-state index in [2.05, 4.69) is 0 Å². The van der Waals surface area contributed by atoms with E-state index in [1.165, 1.54) is 30.3 Å². The molecular weight excluding hydrogens is 749 g/mol. The third kappa shape index (κ3) is 11.6. The van der Waals surface area contributed by atoms with Gasteiger partial charge in [0.2, 0.25) is 0 Å². The molecule has 0 spiro atoms. The van der Waals surface area contributed by atoms with Gasteiger partial charge in [-0.3, -0.25) is 0 Å². The van der Waals surface area contributed by atoms with Gasteiger partial charge in [0.05, 0.1) is 16.7 Å². The molecule has 0 aliphatic heterocycles. The Morgan fingerprint density at radius 2 is 0.593 bits per heavy atom. The van der Waals surface area contributed by atoms with Crippen molar-refractivity contribution in [1.82, 2.24) is 0 Å². The minimum atomic E-state index is -1.33. The number of carbonyl (C=O) groups is 3. The SMILES string of the molecule is O=C(O)c1cc(OC(=O)c2cc(OCc3ccccc3)cc(OCc3ccccc3)c2)cc(OC(=O)c2cc(OCc3ccccc3)cc(OCc3ccccc3)c2)c1. The summed E-state index contributed by atoms with van der Waals surface area (Å²) in [4.78, 5) is 39.6. The Kier molecular flexibility index (Phi) is 12.9. The fourth-order valence-corrected chi connectivity index (χ4v) is 5.82. The molecule has 10 nitrogen and oxygen atoms in total. The van der Waals surface area contributed by atoms with Crippen molar-refractivity contribution in [1.29, 1.82) is 0 Å². The molecule has 0 saturated carbocycles. The monoisotopic (exact) mass is 786 g/mol. The summed E-state index contributed by atoms with van der Waals surface area (Å²) in [6, 6.07) is 51.1. The summed E-state index contributed by atoms with van der Waals surface area (Å²) in [7, 11) is 0. The largest absolute Gasteiger partial charge is 0.489 e. The smallest absolute Gasteiger partial charge is 0.343 e. The summed E-state index contributed by atoms with van der Waals surface area (Å²) in [5.74, 6) is -1.94. The molecular formula is C49H38O10. The highest BCUT2D eigenvalue weighted by molar-refractivity contribution is 5.95. The summed E-state index contributed by atoms with van der Waals surface area (Å²) in [5, 5.41) is 9.95. The van der Waals surface area contributed by atoms with Crippen molar-refractivity contribution >= 4 is 17.9 Å². The standard InChI is InChI=1S/C49H38O10/c50-47(51)38-21-45(58-48(52)39-23-41(54-30-34-13-5-1-6-14-34)27-42(24-39)55-31-35-15-7-2-8-16-35)29-46(22-38)59-49(53)40-25-43(56-32-36-17-9-3-10-18-36)28-44(26-40)57-33-37-19-11-4-12-20-37/h1-29H,30-33H2,(H,50,51). The van der Waals surface area contributed by atoms with Gasteiger partial charge in [0.15, 0.2) is 0 Å². The Morgan fingerprint density at radius 1 is 0.339 bits per heavy atom. The second-order valence-electron chi connectivity index (χ2n) is 13.3. The molecule has 59 heavy (non-hydrogen) atoms. The van der Waals surface area contributed by atoms with Gasteiger partial charge in [0, 0.05) is 18.2 Å². The number of rotatable bonds is 17. The van der Waals surface area contributed by atoms with Crippen molar-refractivity contribution in [2.75, 3.05) is 0 Å². The molecule has 7 aromatic carbocycles. The molecule has 0 amide bonds. The molecule has 0 unspecified atom stereocenters. The van der Waals surface area contributed by atoms with Gasteiger partial charge in [0.1, 0.15) is 60.9 Å². The molecule has 0 fully saturated rings. The maximum atomic E-state index is 13.7. The lowest BCUT2D eigenvalue weighted by molar-refractivity contribution is 0.0679. The third-order valence-corrected chi connectivity index (χ3v) is 8.77. The third-order valence-electron chi connectivity index (χ3n) is 8.77. The van der Waals surface area contributed by atoms with Gasteiger partial charge in [0.25, 0.3) is 0 Å². The number of benzene rings is 7. The number of carboxylic acids is 1. The number of carboxylic acid groups (broad SMARTS) is 1. The first-order chi connectivity index (χ1) is 28.8. The van der Waals surface area contributed by atoms with Gasteiger partial charge in [-0.15, -0.1) is 0 Å². The summed E-state index contributed by atoms with van der Waals surface area (Å²) in [6.07, 6.45) is 0. The van der Waals surface area contributed by atoms with Crippen LogP contribution in [0.1, 0.15) is 53.3 Å². The lowest BCUT2D eigenvalue weighted by atomic mass is 10.1. The molecule has 0 aromatic heterocycles. The second-order valence-corrected chi connectivity index (χ2v) is 13.3. The molecule has 7 aromatic rings. The van der Waals surface area contributed by atoms with E-state index < -0.39 is 17.9 Å². The van der Waals surface area contributed by atoms with E-state index in [0.29, 0.717) is 23.0 Å². The minimum absolute atomic E-state index is 0.0771. The van der Waals surface area contributed by atoms with E-state index in [-0.39, 0.29) is 54.6 Å². The summed E-state index contributed by atoms with van der Waals surface area (Å²) >= 11 is 0. The number of hydrogen-bond acceptors (Lipinski definition) is 9. The van der Waals surface area contributed by atoms with E-state index >= 15 is 0 Å². The van der Waals surface area contributed by atoms with Crippen LogP contribution in [0.15, 0.2) is 176 Å². The topological polar surface area (TPSA) is 127 Å². The molecule has 0 heterocycles. The predicted molar refractivity (Wildman–Crippen MR) is 219 cm³/mol. The van der Waals surface area contributed by atoms with Gasteiger partial charge in [-0.2, -0.15) is 0 Å². The quantitative estimate of drug-likeness (QED) is 0.0704. The first kappa shape index (κ1) is 39.4. The van der Waals surface area contributed by atoms with Crippen LogP contribution < -0.4 is 28.4 Å². The average molecular weight is 787 g/mol. The van der Waals surface area contributed by atoms with Crippen molar-refractivity contribution in [2.24, 2.45) is 0 Å². The highest BCUT2D eigenvalue weighted by Gasteiger charge is 2.19. The van der Waals surface area contributed by atoms with Gasteiger partial charge in [-0.05, 0) is 58.7 Å². The molecule has 0 bridgehead atoms. The Balaban J connectivity index is 1.11. The zero-order valence-electron chi connectivity index (χ0n) is 31.7. The zero-order chi connectivity index (χ0) is 40.8. The number of hydrogen-bond donors (Lipinski definition) is 1. The summed E-state index contributed by atoms with van der Waals surface area (Å²) in [5.41, 5.74) is 3.55. The van der Waals surface area contributed by atoms with E-state index in [9.17, 15) is 19.5 Å². The van der Waals surface area contributed by atoms with Gasteiger partial charge >= 0.3 is 17.9 Å². The fraction of sp³-hybridized carbons (Fsp3) is 0.0816. The molecule has 10 heteroatoms. The number of ether oxygens (including phenoxy) is 6. The Bertz CT molecular complexity index is 2220. The van der Waals surface area contributed by atoms with Crippen LogP contribution in [0.25, 0.3) is 0 Å². The molecule has 1 N–H and O–H groups in total. The fourth-order valence-electron chi connectivity index (χ4n) is 5.82. The molecule has 0 radical (unpaired) electrons. The zero-order valence-corrected chi connectivity index (χ0v) is 31.7. The number of esters is 2. The second kappa shape index (κ2) is 19.3. The average Bonchev–Trinajstić information content (AvgIpc) is 3.27. The van der Waals surface area contributed by atoms with Gasteiger partial charge in [-0.1, -0.05) is 121 Å². The molecule has 0 atom stereocenters. The van der Waals surface area contributed by atoms with Gasteiger partial charge < -0.3 is 33.5 Å². The van der Waals surface area contributed by atoms with Crippen molar-refractivity contribution < 1.29 is 47.9 Å². The maximum Gasteiger partial charge on any atom is 0.343 e. The molecule has 0 saturated heterocycles. The van der Waals surface area contributed by atoms with Crippen LogP contribution in [0, 0.1) is 0 Å². The van der Waals surface area contributed by atoms with E-state index in [4.69, 9.17) is 28.4 Å². The molecule has 7 rings (SSSR count). The van der Waals surface area contributed by atoms with Crippen LogP contribution >= 0.6 is 0 Å². The van der Waals surface area contributed by atoms with Crippen LogP contribution in [0.2, 0.25) is 0 Å². The molecule has 294 valence electrons. The normalized spacial score (nSPS) is 10.6. The Labute approximate surface area is 340 Å². The van der Waals surface area contributed by atoms with Crippen molar-refractivity contribution in [2.45, 2.75) is 26.4 Å². The lowest BCUT2D eigenvalue weighted by Gasteiger charge is -2.14. The Hall–Kier alpha value is -7.85. The lowest BCUT2D eigenvalue weighted by Crippen LogP contribution is -2.12. The van der Waals surface area contributed by atoms with E-state index in [0.717, 1.165) is 34.4 Å². The van der Waals surface area contributed by atoms with Crippen LogP contribution in [-0.2, 0) is 26.4 Å². The van der Waals surface area contributed by atoms with Crippen LogP contribution in [0.4, 0.5) is 0 Å². The predicted octanol–water partition coefficient (Wildman–Crippen LogP) is 10.1. The summed E-state index contributed by atoms with van der Waals surface area (Å²) in [6.45, 7) is 0.927. The maximum absolute atomic E-state index is 13.7. The highest BCUT2D eigenvalue weighted by atomic mass is 16.5. The highest BCUT2D eigenvalue weighted by Crippen LogP contribution is 2.30. The summed E-state index contributed by atoms with van der Waals surface area (Å²) < 4.78 is 35.5. The van der Waals surface area contributed by atoms with Crippen molar-refractivity contribution in [3.8, 4) is 34.5 Å². The van der Waals surface area contributed by atoms with E-state index in [1.807, 2.05) is 121 Å². The first-order valence-corrected chi connectivity index (χ1v) is 18.6. The molecule has 0 aliphatic carbocycles. The van der Waals surface area contributed by atoms with Crippen LogP contribution in [-0.4, -0.2) is 23.0 Å². The first-order valence-electron chi connectivity index (χ1n) is 18.6. The molecule has 0 aliphatic rings. The van der Waals surface area contributed by atoms with Crippen LogP contribution in [0.5, 0.6) is 34.5 Å². The van der Waals surface area contributed by atoms with Gasteiger partial charge in [-0.25, -0.2) is 14.4 Å². The Morgan fingerprint density at radius 3 is 0.864 bits per heavy atom. The minimum Gasteiger partial charge on any atom is -0.489 e. The van der Waals surface area contributed by atoms with Crippen LogP contribution in [0.3, 0.4) is 0 Å².